The van der Waals surface area contributed by atoms with Gasteiger partial charge in [0, 0.05) is 50.3 Å². The van der Waals surface area contributed by atoms with E-state index in [0.717, 1.165) is 6.07 Å². The van der Waals surface area contributed by atoms with Gasteiger partial charge in [-0.2, -0.15) is 18.4 Å². The van der Waals surface area contributed by atoms with Crippen LogP contribution in [0.15, 0.2) is 30.3 Å². The zero-order valence-electron chi connectivity index (χ0n) is 17.3. The normalized spacial score (nSPS) is 23.2. The number of halogens is 4. The molecule has 10 heteroatoms. The van der Waals surface area contributed by atoms with Crippen molar-refractivity contribution in [3.8, 4) is 6.07 Å². The number of benzene rings is 1. The van der Waals surface area contributed by atoms with E-state index in [2.05, 4.69) is 0 Å². The number of nitrogens with zero attached hydrogens (tertiary/aromatic N) is 3. The van der Waals surface area contributed by atoms with E-state index < -0.39 is 11.7 Å². The molecule has 2 aromatic rings. The van der Waals surface area contributed by atoms with Gasteiger partial charge < -0.3 is 14.5 Å². The summed E-state index contributed by atoms with van der Waals surface area (Å²) in [6.45, 7) is 2.55. The molecule has 5 nitrogen and oxygen atoms in total. The summed E-state index contributed by atoms with van der Waals surface area (Å²) in [5.41, 5.74) is -1.14. The summed E-state index contributed by atoms with van der Waals surface area (Å²) in [5.74, 6) is -0.0448. The SMILES string of the molecule is COC[C@@]12CCN(c3ccc(C#N)c(C(F)(F)F)c3)C[C@@H]1CN(C(=O)c1ccc(Cl)s1)C2. The molecule has 32 heavy (non-hydrogen) atoms. The Hall–Kier alpha value is -2.28. The van der Waals surface area contributed by atoms with Crippen molar-refractivity contribution in [1.82, 2.24) is 4.90 Å². The Labute approximate surface area is 192 Å². The minimum Gasteiger partial charge on any atom is -0.384 e. The highest BCUT2D eigenvalue weighted by Crippen LogP contribution is 2.45. The Morgan fingerprint density at radius 1 is 1.34 bits per heavy atom. The summed E-state index contributed by atoms with van der Waals surface area (Å²) < 4.78 is 46.3. The fraction of sp³-hybridized carbons (Fsp3) is 0.455. The molecule has 0 bridgehead atoms. The molecule has 1 amide bonds. The molecule has 1 aromatic heterocycles. The Morgan fingerprint density at radius 3 is 2.75 bits per heavy atom. The second-order valence-electron chi connectivity index (χ2n) is 8.32. The predicted molar refractivity (Wildman–Crippen MR) is 116 cm³/mol. The van der Waals surface area contributed by atoms with Gasteiger partial charge in [0.05, 0.1) is 33.0 Å². The van der Waals surface area contributed by atoms with Gasteiger partial charge >= 0.3 is 6.18 Å². The lowest BCUT2D eigenvalue weighted by atomic mass is 9.73. The molecule has 2 saturated heterocycles. The average molecular weight is 484 g/mol. The fourth-order valence-corrected chi connectivity index (χ4v) is 5.85. The molecule has 0 N–H and O–H groups in total. The van der Waals surface area contributed by atoms with Crippen molar-refractivity contribution >= 4 is 34.5 Å². The molecular formula is C22H21ClF3N3O2S. The summed E-state index contributed by atoms with van der Waals surface area (Å²) in [7, 11) is 1.62. The number of alkyl halides is 3. The molecule has 2 fully saturated rings. The second-order valence-corrected chi connectivity index (χ2v) is 10.0. The molecule has 2 aliphatic heterocycles. The van der Waals surface area contributed by atoms with Crippen molar-refractivity contribution in [2.75, 3.05) is 44.8 Å². The summed E-state index contributed by atoms with van der Waals surface area (Å²) in [6.07, 6.45) is -3.92. The highest BCUT2D eigenvalue weighted by Gasteiger charge is 2.51. The van der Waals surface area contributed by atoms with E-state index >= 15 is 0 Å². The van der Waals surface area contributed by atoms with Gasteiger partial charge in [-0.3, -0.25) is 4.79 Å². The minimum atomic E-state index is -4.60. The van der Waals surface area contributed by atoms with Crippen molar-refractivity contribution in [2.24, 2.45) is 11.3 Å². The second kappa shape index (κ2) is 8.58. The van der Waals surface area contributed by atoms with Gasteiger partial charge in [0.15, 0.2) is 0 Å². The number of piperidine rings is 1. The van der Waals surface area contributed by atoms with Crippen LogP contribution in [0.1, 0.15) is 27.2 Å². The summed E-state index contributed by atoms with van der Waals surface area (Å²) >= 11 is 7.22. The molecule has 0 unspecified atom stereocenters. The third-order valence-corrected chi connectivity index (χ3v) is 7.65. The molecular weight excluding hydrogens is 463 g/mol. The molecule has 1 aromatic carbocycles. The number of rotatable bonds is 4. The van der Waals surface area contributed by atoms with Crippen LogP contribution in [0.5, 0.6) is 0 Å². The highest BCUT2D eigenvalue weighted by molar-refractivity contribution is 7.17. The first-order valence-corrected chi connectivity index (χ1v) is 11.3. The monoisotopic (exact) mass is 483 g/mol. The zero-order chi connectivity index (χ0) is 23.1. The van der Waals surface area contributed by atoms with Gasteiger partial charge in [-0.25, -0.2) is 0 Å². The van der Waals surface area contributed by atoms with E-state index in [1.165, 1.54) is 17.4 Å². The van der Waals surface area contributed by atoms with Crippen LogP contribution in [0.4, 0.5) is 18.9 Å². The van der Waals surface area contributed by atoms with Gasteiger partial charge in [-0.15, -0.1) is 11.3 Å². The van der Waals surface area contributed by atoms with Gasteiger partial charge in [-0.1, -0.05) is 11.6 Å². The van der Waals surface area contributed by atoms with E-state index in [-0.39, 0.29) is 22.8 Å². The number of hydrogen-bond acceptors (Lipinski definition) is 5. The summed E-state index contributed by atoms with van der Waals surface area (Å²) in [4.78, 5) is 17.3. The van der Waals surface area contributed by atoms with Crippen molar-refractivity contribution < 1.29 is 22.7 Å². The Kier molecular flexibility index (Phi) is 6.14. The lowest BCUT2D eigenvalue weighted by molar-refractivity contribution is -0.137. The van der Waals surface area contributed by atoms with Crippen LogP contribution in [0.2, 0.25) is 4.34 Å². The number of anilines is 1. The summed E-state index contributed by atoms with van der Waals surface area (Å²) in [6, 6.07) is 8.85. The molecule has 3 heterocycles. The van der Waals surface area contributed by atoms with E-state index in [9.17, 15) is 18.0 Å². The van der Waals surface area contributed by atoms with Crippen LogP contribution >= 0.6 is 22.9 Å². The Bertz CT molecular complexity index is 1070. The zero-order valence-corrected chi connectivity index (χ0v) is 18.9. The van der Waals surface area contributed by atoms with Crippen LogP contribution < -0.4 is 4.90 Å². The number of nitriles is 1. The predicted octanol–water partition coefficient (Wildman–Crippen LogP) is 4.91. The van der Waals surface area contributed by atoms with Crippen molar-refractivity contribution in [1.29, 1.82) is 5.26 Å². The first kappa shape index (κ1) is 22.9. The molecule has 4 rings (SSSR count). The molecule has 0 spiro atoms. The average Bonchev–Trinajstić information content (AvgIpc) is 3.35. The quantitative estimate of drug-likeness (QED) is 0.620. The third kappa shape index (κ3) is 4.19. The number of methoxy groups -OCH3 is 1. The molecule has 0 radical (unpaired) electrons. The molecule has 2 atom stereocenters. The summed E-state index contributed by atoms with van der Waals surface area (Å²) in [5, 5.41) is 9.05. The van der Waals surface area contributed by atoms with E-state index in [0.29, 0.717) is 54.1 Å². The fourth-order valence-electron chi connectivity index (χ4n) is 4.84. The van der Waals surface area contributed by atoms with Crippen LogP contribution in [-0.4, -0.2) is 50.7 Å². The number of amides is 1. The van der Waals surface area contributed by atoms with Crippen LogP contribution in [0, 0.1) is 22.7 Å². The number of carbonyl (C=O) groups excluding carboxylic acids is 1. The lowest BCUT2D eigenvalue weighted by Gasteiger charge is -2.44. The Balaban J connectivity index is 1.58. The molecule has 0 saturated carbocycles. The van der Waals surface area contributed by atoms with Gasteiger partial charge in [0.1, 0.15) is 0 Å². The maximum absolute atomic E-state index is 13.4. The largest absolute Gasteiger partial charge is 0.417 e. The first-order valence-electron chi connectivity index (χ1n) is 10.1. The number of carbonyl (C=O) groups is 1. The number of thiophene rings is 1. The standard InChI is InChI=1S/C22H21ClF3N3O2S/c1-31-13-21-6-7-28(16-3-2-14(9-27)17(8-16)22(24,25)26)10-15(21)11-29(12-21)20(30)18-4-5-19(23)32-18/h2-5,8,15H,6-7,10-13H2,1H3/t15-,21+/m1/s1. The molecule has 2 aliphatic rings. The number of fused-ring (bicyclic) bond motifs is 1. The molecule has 170 valence electrons. The maximum atomic E-state index is 13.4. The van der Waals surface area contributed by atoms with Crippen LogP contribution in [-0.2, 0) is 10.9 Å². The highest BCUT2D eigenvalue weighted by atomic mass is 35.5. The van der Waals surface area contributed by atoms with Crippen molar-refractivity contribution in [3.63, 3.8) is 0 Å². The van der Waals surface area contributed by atoms with Gasteiger partial charge in [0.2, 0.25) is 0 Å². The van der Waals surface area contributed by atoms with Gasteiger partial charge in [0.25, 0.3) is 5.91 Å². The van der Waals surface area contributed by atoms with E-state index in [1.807, 2.05) is 4.90 Å². The van der Waals surface area contributed by atoms with Crippen molar-refractivity contribution in [2.45, 2.75) is 12.6 Å². The van der Waals surface area contributed by atoms with Crippen LogP contribution in [0.25, 0.3) is 0 Å². The van der Waals surface area contributed by atoms with Gasteiger partial charge in [-0.05, 0) is 36.8 Å². The topological polar surface area (TPSA) is 56.6 Å². The van der Waals surface area contributed by atoms with Crippen LogP contribution in [0.3, 0.4) is 0 Å². The minimum absolute atomic E-state index is 0.0422. The number of ether oxygens (including phenoxy) is 1. The molecule has 0 aliphatic carbocycles. The Morgan fingerprint density at radius 2 is 2.12 bits per heavy atom. The smallest absolute Gasteiger partial charge is 0.384 e. The van der Waals surface area contributed by atoms with Crippen molar-refractivity contribution in [3.05, 3.63) is 50.7 Å². The van der Waals surface area contributed by atoms with E-state index in [1.54, 1.807) is 36.3 Å². The number of likely N-dealkylation sites (tertiary alicyclic amines) is 1. The lowest BCUT2D eigenvalue weighted by Crippen LogP contribution is -2.49. The van der Waals surface area contributed by atoms with E-state index in [4.69, 9.17) is 21.6 Å². The third-order valence-electron chi connectivity index (χ3n) is 6.43. The first-order chi connectivity index (χ1) is 15.2. The number of hydrogen-bond donors (Lipinski definition) is 0. The maximum Gasteiger partial charge on any atom is 0.417 e.